The number of rotatable bonds is 5. The zero-order valence-electron chi connectivity index (χ0n) is 5.95. The van der Waals surface area contributed by atoms with Crippen molar-refractivity contribution in [1.29, 1.82) is 0 Å². The zero-order valence-corrected chi connectivity index (χ0v) is 5.95. The molecule has 0 aromatic rings. The Morgan fingerprint density at radius 1 is 1.80 bits per heavy atom. The van der Waals surface area contributed by atoms with Crippen molar-refractivity contribution in [3.05, 3.63) is 10.1 Å². The van der Waals surface area contributed by atoms with E-state index in [-0.39, 0.29) is 12.6 Å². The molecule has 1 atom stereocenters. The lowest BCUT2D eigenvalue weighted by atomic mass is 10.2. The molecule has 0 fully saturated rings. The van der Waals surface area contributed by atoms with Crippen molar-refractivity contribution in [1.82, 2.24) is 0 Å². The summed E-state index contributed by atoms with van der Waals surface area (Å²) in [5.41, 5.74) is 5.40. The Hall–Kier alpha value is -0.840. The molecule has 0 bridgehead atoms. The number of nitrogens with two attached hydrogens (primary N) is 1. The molecule has 0 aromatic heterocycles. The van der Waals surface area contributed by atoms with Crippen LogP contribution in [0.15, 0.2) is 0 Å². The van der Waals surface area contributed by atoms with Gasteiger partial charge < -0.3 is 10.6 Å². The predicted octanol–water partition coefficient (Wildman–Crippen LogP) is 0.322. The molecule has 0 saturated carbocycles. The van der Waals surface area contributed by atoms with Gasteiger partial charge in [-0.25, -0.2) is 0 Å². The molecule has 0 saturated heterocycles. The van der Waals surface area contributed by atoms with Gasteiger partial charge in [-0.2, -0.15) is 0 Å². The van der Waals surface area contributed by atoms with E-state index in [2.05, 4.69) is 4.84 Å². The molecule has 0 rings (SSSR count). The molecule has 0 aromatic carbocycles. The maximum absolute atomic E-state index is 9.64. The SMILES string of the molecule is CCC[C@H](N)CO[N+](=O)[O-]. The summed E-state index contributed by atoms with van der Waals surface area (Å²) in [6, 6.07) is -0.213. The Balaban J connectivity index is 3.21. The van der Waals surface area contributed by atoms with E-state index < -0.39 is 5.09 Å². The molecule has 5 nitrogen and oxygen atoms in total. The van der Waals surface area contributed by atoms with E-state index in [1.54, 1.807) is 0 Å². The fourth-order valence-electron chi connectivity index (χ4n) is 0.611. The summed E-state index contributed by atoms with van der Waals surface area (Å²) in [4.78, 5) is 13.7. The Labute approximate surface area is 59.3 Å². The predicted molar refractivity (Wildman–Crippen MR) is 35.8 cm³/mol. The van der Waals surface area contributed by atoms with Crippen LogP contribution in [0.5, 0.6) is 0 Å². The standard InChI is InChI=1S/C5H12N2O3/c1-2-3-5(6)4-10-7(8)9/h5H,2-4,6H2,1H3/t5-/m0/s1. The van der Waals surface area contributed by atoms with E-state index in [9.17, 15) is 10.1 Å². The van der Waals surface area contributed by atoms with Gasteiger partial charge in [0, 0.05) is 6.04 Å². The third-order valence-corrected chi connectivity index (χ3v) is 1.05. The van der Waals surface area contributed by atoms with E-state index >= 15 is 0 Å². The van der Waals surface area contributed by atoms with Crippen LogP contribution in [0.2, 0.25) is 0 Å². The summed E-state index contributed by atoms with van der Waals surface area (Å²) in [7, 11) is 0. The molecule has 0 radical (unpaired) electrons. The van der Waals surface area contributed by atoms with Crippen LogP contribution in [-0.2, 0) is 4.84 Å². The second kappa shape index (κ2) is 4.99. The Morgan fingerprint density at radius 3 is 2.80 bits per heavy atom. The maximum Gasteiger partial charge on any atom is 0.294 e. The van der Waals surface area contributed by atoms with Gasteiger partial charge in [-0.3, -0.25) is 0 Å². The van der Waals surface area contributed by atoms with Crippen LogP contribution in [-0.4, -0.2) is 17.7 Å². The molecule has 0 unspecified atom stereocenters. The van der Waals surface area contributed by atoms with Gasteiger partial charge in [0.2, 0.25) is 0 Å². The van der Waals surface area contributed by atoms with Crippen molar-refractivity contribution >= 4 is 0 Å². The molecule has 2 N–H and O–H groups in total. The average Bonchev–Trinajstić information content (AvgIpc) is 1.85. The first kappa shape index (κ1) is 9.16. The largest absolute Gasteiger partial charge is 0.326 e. The van der Waals surface area contributed by atoms with Gasteiger partial charge >= 0.3 is 0 Å². The van der Waals surface area contributed by atoms with Crippen LogP contribution in [0, 0.1) is 10.1 Å². The summed E-state index contributed by atoms with van der Waals surface area (Å²) < 4.78 is 0. The molecule has 0 aliphatic carbocycles. The minimum Gasteiger partial charge on any atom is -0.326 e. The fraction of sp³-hybridized carbons (Fsp3) is 1.00. The Kier molecular flexibility index (Phi) is 4.57. The first-order chi connectivity index (χ1) is 4.66. The second-order valence-electron chi connectivity index (χ2n) is 2.07. The minimum atomic E-state index is -0.824. The van der Waals surface area contributed by atoms with Gasteiger partial charge in [0.05, 0.1) is 0 Å². The van der Waals surface area contributed by atoms with E-state index in [1.165, 1.54) is 0 Å². The van der Waals surface area contributed by atoms with E-state index in [4.69, 9.17) is 5.73 Å². The molecular weight excluding hydrogens is 136 g/mol. The molecule has 0 heterocycles. The number of hydrogen-bond donors (Lipinski definition) is 1. The van der Waals surface area contributed by atoms with Crippen molar-refractivity contribution < 1.29 is 9.92 Å². The van der Waals surface area contributed by atoms with Crippen LogP contribution in [0.1, 0.15) is 19.8 Å². The van der Waals surface area contributed by atoms with Crippen LogP contribution in [0.25, 0.3) is 0 Å². The van der Waals surface area contributed by atoms with E-state index in [0.29, 0.717) is 0 Å². The maximum atomic E-state index is 9.64. The monoisotopic (exact) mass is 148 g/mol. The second-order valence-corrected chi connectivity index (χ2v) is 2.07. The highest BCUT2D eigenvalue weighted by Crippen LogP contribution is 1.93. The first-order valence-corrected chi connectivity index (χ1v) is 3.19. The minimum absolute atomic E-state index is 0.000833. The quantitative estimate of drug-likeness (QED) is 0.450. The summed E-state index contributed by atoms with van der Waals surface area (Å²) in [5, 5.41) is 8.81. The number of nitrogens with zero attached hydrogens (tertiary/aromatic N) is 1. The molecular formula is C5H12N2O3. The molecule has 0 spiro atoms. The van der Waals surface area contributed by atoms with E-state index in [1.807, 2.05) is 6.92 Å². The molecule has 0 aliphatic rings. The lowest BCUT2D eigenvalue weighted by Crippen LogP contribution is -2.27. The van der Waals surface area contributed by atoms with Gasteiger partial charge in [-0.15, -0.1) is 10.1 Å². The van der Waals surface area contributed by atoms with Crippen molar-refractivity contribution in [2.45, 2.75) is 25.8 Å². The van der Waals surface area contributed by atoms with Crippen molar-refractivity contribution in [2.24, 2.45) is 5.73 Å². The highest BCUT2D eigenvalue weighted by molar-refractivity contribution is 4.56. The van der Waals surface area contributed by atoms with Gasteiger partial charge in [0.25, 0.3) is 5.09 Å². The number of hydrogen-bond acceptors (Lipinski definition) is 4. The van der Waals surface area contributed by atoms with Gasteiger partial charge in [-0.1, -0.05) is 13.3 Å². The molecule has 5 heteroatoms. The van der Waals surface area contributed by atoms with Gasteiger partial charge in [-0.05, 0) is 6.42 Å². The van der Waals surface area contributed by atoms with Crippen molar-refractivity contribution in [3.63, 3.8) is 0 Å². The van der Waals surface area contributed by atoms with E-state index in [0.717, 1.165) is 12.8 Å². The van der Waals surface area contributed by atoms with Gasteiger partial charge in [0.15, 0.2) is 0 Å². The molecule has 60 valence electrons. The first-order valence-electron chi connectivity index (χ1n) is 3.19. The zero-order chi connectivity index (χ0) is 7.98. The van der Waals surface area contributed by atoms with Crippen LogP contribution in [0.3, 0.4) is 0 Å². The third-order valence-electron chi connectivity index (χ3n) is 1.05. The summed E-state index contributed by atoms with van der Waals surface area (Å²) in [5.74, 6) is 0. The molecule has 0 amide bonds. The highest BCUT2D eigenvalue weighted by Gasteiger charge is 2.02. The molecule has 10 heavy (non-hydrogen) atoms. The fourth-order valence-corrected chi connectivity index (χ4v) is 0.611. The van der Waals surface area contributed by atoms with Crippen molar-refractivity contribution in [2.75, 3.05) is 6.61 Å². The highest BCUT2D eigenvalue weighted by atomic mass is 16.9. The lowest BCUT2D eigenvalue weighted by Gasteiger charge is -2.06. The summed E-state index contributed by atoms with van der Waals surface area (Å²) in [6.07, 6.45) is 1.68. The lowest BCUT2D eigenvalue weighted by molar-refractivity contribution is -0.758. The Bertz CT molecular complexity index is 107. The Morgan fingerprint density at radius 2 is 2.40 bits per heavy atom. The summed E-state index contributed by atoms with van der Waals surface area (Å²) in [6.45, 7) is 1.97. The van der Waals surface area contributed by atoms with Crippen molar-refractivity contribution in [3.8, 4) is 0 Å². The average molecular weight is 148 g/mol. The third kappa shape index (κ3) is 5.30. The normalized spacial score (nSPS) is 12.6. The summed E-state index contributed by atoms with van der Waals surface area (Å²) >= 11 is 0. The molecule has 0 aliphatic heterocycles. The van der Waals surface area contributed by atoms with Crippen LogP contribution in [0.4, 0.5) is 0 Å². The van der Waals surface area contributed by atoms with Crippen LogP contribution >= 0.6 is 0 Å². The topological polar surface area (TPSA) is 78.4 Å². The van der Waals surface area contributed by atoms with Crippen LogP contribution < -0.4 is 5.73 Å². The smallest absolute Gasteiger partial charge is 0.294 e. The van der Waals surface area contributed by atoms with Gasteiger partial charge in [0.1, 0.15) is 6.61 Å².